The van der Waals surface area contributed by atoms with Crippen LogP contribution in [0, 0.1) is 19.8 Å². The van der Waals surface area contributed by atoms with Crippen LogP contribution in [0.1, 0.15) is 56.4 Å². The predicted molar refractivity (Wildman–Crippen MR) is 120 cm³/mol. The zero-order valence-corrected chi connectivity index (χ0v) is 19.6. The normalized spacial score (nSPS) is 15.0. The third-order valence-corrected chi connectivity index (χ3v) is 6.11. The number of rotatable bonds is 7. The van der Waals surface area contributed by atoms with Gasteiger partial charge in [0, 0.05) is 44.7 Å². The van der Waals surface area contributed by atoms with Crippen LogP contribution in [0.5, 0.6) is 5.88 Å². The summed E-state index contributed by atoms with van der Waals surface area (Å²) in [6, 6.07) is 0.136. The highest BCUT2D eigenvalue weighted by molar-refractivity contribution is 5.86. The Kier molecular flexibility index (Phi) is 7.18. The highest BCUT2D eigenvalue weighted by atomic mass is 16.5. The Balaban J connectivity index is 1.57. The highest BCUT2D eigenvalue weighted by Gasteiger charge is 2.24. The Bertz CT molecular complexity index is 958. The number of methoxy groups -OCH3 is 1. The van der Waals surface area contributed by atoms with Crippen molar-refractivity contribution in [1.29, 1.82) is 0 Å². The van der Waals surface area contributed by atoms with Crippen molar-refractivity contribution in [2.75, 3.05) is 20.2 Å². The van der Waals surface area contributed by atoms with Crippen molar-refractivity contribution in [2.24, 2.45) is 13.0 Å². The predicted octanol–water partition coefficient (Wildman–Crippen LogP) is 2.68. The van der Waals surface area contributed by atoms with Gasteiger partial charge in [0.2, 0.25) is 17.7 Å². The molecular weight excluding hydrogens is 394 g/mol. The maximum absolute atomic E-state index is 12.6. The number of likely N-dealkylation sites (tertiary alicyclic amines) is 1. The Morgan fingerprint density at radius 1 is 1.23 bits per heavy atom. The Morgan fingerprint density at radius 2 is 1.90 bits per heavy atom. The lowest BCUT2D eigenvalue weighted by Crippen LogP contribution is -2.46. The minimum Gasteiger partial charge on any atom is -0.479 e. The van der Waals surface area contributed by atoms with Crippen molar-refractivity contribution in [3.8, 4) is 5.88 Å². The van der Waals surface area contributed by atoms with Crippen LogP contribution in [0.3, 0.4) is 0 Å². The SMILES string of the molecule is COc1nn(C)c2nc(C)c(CCC(=O)NC3CCN(C(=O)CC(C)C)CC3)c(C)c12. The molecule has 0 unspecified atom stereocenters. The Hall–Kier alpha value is -2.64. The van der Waals surface area contributed by atoms with Crippen LogP contribution in [0.2, 0.25) is 0 Å². The summed E-state index contributed by atoms with van der Waals surface area (Å²) in [6.45, 7) is 9.57. The van der Waals surface area contributed by atoms with E-state index in [0.717, 1.165) is 53.8 Å². The number of amides is 2. The molecule has 170 valence electrons. The van der Waals surface area contributed by atoms with Crippen LogP contribution in [0.15, 0.2) is 0 Å². The van der Waals surface area contributed by atoms with Crippen molar-refractivity contribution in [3.05, 3.63) is 16.8 Å². The molecule has 2 aromatic rings. The lowest BCUT2D eigenvalue weighted by Gasteiger charge is -2.33. The van der Waals surface area contributed by atoms with E-state index >= 15 is 0 Å². The number of fused-ring (bicyclic) bond motifs is 1. The summed E-state index contributed by atoms with van der Waals surface area (Å²) in [5, 5.41) is 8.44. The number of pyridine rings is 1. The lowest BCUT2D eigenvalue weighted by atomic mass is 9.99. The molecular formula is C23H35N5O3. The van der Waals surface area contributed by atoms with E-state index in [1.54, 1.807) is 11.8 Å². The van der Waals surface area contributed by atoms with E-state index in [1.807, 2.05) is 25.8 Å². The molecule has 0 bridgehead atoms. The van der Waals surface area contributed by atoms with Crippen molar-refractivity contribution in [1.82, 2.24) is 25.0 Å². The van der Waals surface area contributed by atoms with Crippen LogP contribution < -0.4 is 10.1 Å². The fourth-order valence-corrected chi connectivity index (χ4v) is 4.40. The van der Waals surface area contributed by atoms with E-state index in [-0.39, 0.29) is 17.9 Å². The molecule has 3 rings (SSSR count). The van der Waals surface area contributed by atoms with Gasteiger partial charge < -0.3 is 15.0 Å². The van der Waals surface area contributed by atoms with Gasteiger partial charge in [-0.25, -0.2) is 9.67 Å². The quantitative estimate of drug-likeness (QED) is 0.731. The molecule has 0 radical (unpaired) electrons. The zero-order chi connectivity index (χ0) is 22.7. The topological polar surface area (TPSA) is 89.3 Å². The maximum atomic E-state index is 12.6. The number of carbonyl (C=O) groups is 2. The molecule has 1 fully saturated rings. The molecule has 8 nitrogen and oxygen atoms in total. The van der Waals surface area contributed by atoms with Crippen LogP contribution in [0.4, 0.5) is 0 Å². The van der Waals surface area contributed by atoms with Gasteiger partial charge in [0.25, 0.3) is 0 Å². The van der Waals surface area contributed by atoms with Crippen LogP contribution >= 0.6 is 0 Å². The molecule has 1 aliphatic heterocycles. The molecule has 0 saturated carbocycles. The summed E-state index contributed by atoms with van der Waals surface area (Å²) in [7, 11) is 3.46. The molecule has 1 saturated heterocycles. The molecule has 0 spiro atoms. The molecule has 0 atom stereocenters. The zero-order valence-electron chi connectivity index (χ0n) is 19.6. The maximum Gasteiger partial charge on any atom is 0.242 e. The second-order valence-corrected chi connectivity index (χ2v) is 8.95. The molecule has 0 aromatic carbocycles. The fraction of sp³-hybridized carbons (Fsp3) is 0.652. The van der Waals surface area contributed by atoms with E-state index in [4.69, 9.17) is 9.72 Å². The fourth-order valence-electron chi connectivity index (χ4n) is 4.40. The van der Waals surface area contributed by atoms with Gasteiger partial charge in [0.15, 0.2) is 5.65 Å². The lowest BCUT2D eigenvalue weighted by molar-refractivity contribution is -0.133. The number of aryl methyl sites for hydroxylation is 3. The summed E-state index contributed by atoms with van der Waals surface area (Å²) in [6.07, 6.45) is 3.25. The van der Waals surface area contributed by atoms with E-state index in [0.29, 0.717) is 31.1 Å². The molecule has 0 aliphatic carbocycles. The van der Waals surface area contributed by atoms with Crippen LogP contribution in [-0.2, 0) is 23.1 Å². The molecule has 1 N–H and O–H groups in total. The van der Waals surface area contributed by atoms with Gasteiger partial charge in [-0.05, 0) is 50.2 Å². The Morgan fingerprint density at radius 3 is 2.52 bits per heavy atom. The van der Waals surface area contributed by atoms with E-state index < -0.39 is 0 Å². The van der Waals surface area contributed by atoms with E-state index in [9.17, 15) is 9.59 Å². The van der Waals surface area contributed by atoms with E-state index in [1.165, 1.54) is 0 Å². The number of hydrogen-bond donors (Lipinski definition) is 1. The number of carbonyl (C=O) groups excluding carboxylic acids is 2. The smallest absolute Gasteiger partial charge is 0.242 e. The van der Waals surface area contributed by atoms with Gasteiger partial charge >= 0.3 is 0 Å². The van der Waals surface area contributed by atoms with Gasteiger partial charge in [-0.15, -0.1) is 5.10 Å². The number of ether oxygens (including phenoxy) is 1. The second kappa shape index (κ2) is 9.66. The van der Waals surface area contributed by atoms with Crippen molar-refractivity contribution >= 4 is 22.8 Å². The molecule has 1 aliphatic rings. The first kappa shape index (κ1) is 23.0. The van der Waals surface area contributed by atoms with Gasteiger partial charge in [-0.2, -0.15) is 0 Å². The minimum absolute atomic E-state index is 0.0454. The van der Waals surface area contributed by atoms with Gasteiger partial charge in [-0.1, -0.05) is 13.8 Å². The molecule has 2 amide bonds. The van der Waals surface area contributed by atoms with Crippen molar-refractivity contribution < 1.29 is 14.3 Å². The van der Waals surface area contributed by atoms with Gasteiger partial charge in [0.1, 0.15) is 0 Å². The Labute approximate surface area is 184 Å². The number of aromatic nitrogens is 3. The number of hydrogen-bond acceptors (Lipinski definition) is 5. The number of nitrogens with zero attached hydrogens (tertiary/aromatic N) is 4. The number of nitrogens with one attached hydrogen (secondary N) is 1. The standard InChI is InChI=1S/C23H35N5O3/c1-14(2)13-20(30)28-11-9-17(10-12-28)25-19(29)8-7-18-15(3)21-22(24-16(18)4)27(5)26-23(21)31-6/h14,17H,7-13H2,1-6H3,(H,25,29). The average molecular weight is 430 g/mol. The van der Waals surface area contributed by atoms with Crippen molar-refractivity contribution in [2.45, 2.75) is 65.8 Å². The van der Waals surface area contributed by atoms with Gasteiger partial charge in [0.05, 0.1) is 12.5 Å². The summed E-state index contributed by atoms with van der Waals surface area (Å²) in [5.41, 5.74) is 3.85. The van der Waals surface area contributed by atoms with Crippen LogP contribution in [0.25, 0.3) is 11.0 Å². The first-order valence-corrected chi connectivity index (χ1v) is 11.1. The molecule has 3 heterocycles. The van der Waals surface area contributed by atoms with Gasteiger partial charge in [-0.3, -0.25) is 9.59 Å². The average Bonchev–Trinajstić information content (AvgIpc) is 3.03. The van der Waals surface area contributed by atoms with E-state index in [2.05, 4.69) is 24.3 Å². The highest BCUT2D eigenvalue weighted by Crippen LogP contribution is 2.30. The molecule has 31 heavy (non-hydrogen) atoms. The first-order chi connectivity index (χ1) is 14.7. The molecule has 8 heteroatoms. The van der Waals surface area contributed by atoms with Crippen molar-refractivity contribution in [3.63, 3.8) is 0 Å². The number of piperidine rings is 1. The first-order valence-electron chi connectivity index (χ1n) is 11.1. The molecule has 2 aromatic heterocycles. The summed E-state index contributed by atoms with van der Waals surface area (Å²) in [5.74, 6) is 1.20. The largest absolute Gasteiger partial charge is 0.479 e. The summed E-state index contributed by atoms with van der Waals surface area (Å²) >= 11 is 0. The third-order valence-electron chi connectivity index (χ3n) is 6.11. The monoisotopic (exact) mass is 429 g/mol. The summed E-state index contributed by atoms with van der Waals surface area (Å²) in [4.78, 5) is 31.4. The summed E-state index contributed by atoms with van der Waals surface area (Å²) < 4.78 is 7.14. The van der Waals surface area contributed by atoms with Crippen LogP contribution in [-0.4, -0.2) is 57.7 Å². The third kappa shape index (κ3) is 5.17. The second-order valence-electron chi connectivity index (χ2n) is 8.95. The minimum atomic E-state index is 0.0454.